The average Bonchev–Trinajstić information content (AvgIpc) is 2.59. The lowest BCUT2D eigenvalue weighted by Crippen LogP contribution is -1.95. The summed E-state index contributed by atoms with van der Waals surface area (Å²) in [4.78, 5) is 10.8. The molecule has 2 aromatic rings. The largest absolute Gasteiger partial charge is 0.493 e. The molecule has 0 radical (unpaired) electrons. The van der Waals surface area contributed by atoms with Gasteiger partial charge in [0, 0.05) is 0 Å². The van der Waals surface area contributed by atoms with E-state index < -0.39 is 5.97 Å². The molecule has 0 saturated heterocycles. The molecular weight excluding hydrogens is 296 g/mol. The lowest BCUT2D eigenvalue weighted by atomic mass is 10.1. The maximum absolute atomic E-state index is 10.8. The van der Waals surface area contributed by atoms with Gasteiger partial charge < -0.3 is 19.3 Å². The van der Waals surface area contributed by atoms with Crippen molar-refractivity contribution in [3.63, 3.8) is 0 Å². The Morgan fingerprint density at radius 2 is 1.39 bits per heavy atom. The van der Waals surface area contributed by atoms with E-state index in [9.17, 15) is 4.79 Å². The van der Waals surface area contributed by atoms with Crippen LogP contribution in [0.15, 0.2) is 36.4 Å². The van der Waals surface area contributed by atoms with Gasteiger partial charge in [-0.2, -0.15) is 0 Å². The predicted octanol–water partition coefficient (Wildman–Crippen LogP) is 3.58. The van der Waals surface area contributed by atoms with Crippen molar-refractivity contribution in [1.29, 1.82) is 0 Å². The van der Waals surface area contributed by atoms with E-state index in [4.69, 9.17) is 19.3 Å². The molecule has 2 rings (SSSR count). The SMILES string of the molecule is COc1cc(/C=C/c2ccc(C(=O)O)cc2)cc(OC)c1OC. The maximum atomic E-state index is 10.8. The van der Waals surface area contributed by atoms with E-state index in [1.165, 1.54) is 0 Å². The van der Waals surface area contributed by atoms with Crippen LogP contribution in [-0.4, -0.2) is 32.4 Å². The zero-order chi connectivity index (χ0) is 16.8. The molecule has 0 fully saturated rings. The molecule has 23 heavy (non-hydrogen) atoms. The van der Waals surface area contributed by atoms with Crippen LogP contribution in [0, 0.1) is 0 Å². The van der Waals surface area contributed by atoms with Gasteiger partial charge in [-0.25, -0.2) is 4.79 Å². The summed E-state index contributed by atoms with van der Waals surface area (Å²) >= 11 is 0. The van der Waals surface area contributed by atoms with Crippen molar-refractivity contribution in [3.05, 3.63) is 53.1 Å². The third-order valence-electron chi connectivity index (χ3n) is 3.31. The molecule has 0 aliphatic rings. The zero-order valence-electron chi connectivity index (χ0n) is 13.2. The quantitative estimate of drug-likeness (QED) is 0.826. The molecule has 0 aliphatic heterocycles. The summed E-state index contributed by atoms with van der Waals surface area (Å²) in [7, 11) is 4.69. The highest BCUT2D eigenvalue weighted by atomic mass is 16.5. The first kappa shape index (κ1) is 16.4. The smallest absolute Gasteiger partial charge is 0.335 e. The van der Waals surface area contributed by atoms with Gasteiger partial charge in [0.05, 0.1) is 26.9 Å². The number of aromatic carboxylic acids is 1. The number of methoxy groups -OCH3 is 3. The van der Waals surface area contributed by atoms with Crippen LogP contribution in [0.3, 0.4) is 0 Å². The number of carbonyl (C=O) groups is 1. The first-order valence-electron chi connectivity index (χ1n) is 6.90. The molecule has 5 nitrogen and oxygen atoms in total. The molecular formula is C18H18O5. The van der Waals surface area contributed by atoms with Gasteiger partial charge in [-0.15, -0.1) is 0 Å². The third-order valence-corrected chi connectivity index (χ3v) is 3.31. The Kier molecular flexibility index (Phi) is 5.25. The molecule has 0 saturated carbocycles. The van der Waals surface area contributed by atoms with Crippen molar-refractivity contribution in [2.75, 3.05) is 21.3 Å². The summed E-state index contributed by atoms with van der Waals surface area (Å²) in [6, 6.07) is 10.3. The van der Waals surface area contributed by atoms with Crippen LogP contribution in [0.4, 0.5) is 0 Å². The van der Waals surface area contributed by atoms with E-state index in [1.54, 1.807) is 45.6 Å². The Bertz CT molecular complexity index is 692. The third kappa shape index (κ3) is 3.83. The summed E-state index contributed by atoms with van der Waals surface area (Å²) in [6.45, 7) is 0. The summed E-state index contributed by atoms with van der Waals surface area (Å²) in [5.74, 6) is 0.753. The average molecular weight is 314 g/mol. The first-order chi connectivity index (χ1) is 11.1. The first-order valence-corrected chi connectivity index (χ1v) is 6.90. The number of hydrogen-bond donors (Lipinski definition) is 1. The number of benzene rings is 2. The van der Waals surface area contributed by atoms with Gasteiger partial charge in [-0.3, -0.25) is 0 Å². The number of carboxylic acids is 1. The highest BCUT2D eigenvalue weighted by Crippen LogP contribution is 2.38. The van der Waals surface area contributed by atoms with E-state index in [-0.39, 0.29) is 5.56 Å². The number of ether oxygens (including phenoxy) is 3. The molecule has 0 heterocycles. The van der Waals surface area contributed by atoms with Crippen LogP contribution in [0.25, 0.3) is 12.2 Å². The van der Waals surface area contributed by atoms with Gasteiger partial charge in [0.15, 0.2) is 11.5 Å². The Hall–Kier alpha value is -2.95. The van der Waals surface area contributed by atoms with Crippen molar-refractivity contribution in [2.45, 2.75) is 0 Å². The second-order valence-corrected chi connectivity index (χ2v) is 4.72. The topological polar surface area (TPSA) is 65.0 Å². The zero-order valence-corrected chi connectivity index (χ0v) is 13.2. The molecule has 0 spiro atoms. The summed E-state index contributed by atoms with van der Waals surface area (Å²) in [5.41, 5.74) is 2.03. The van der Waals surface area contributed by atoms with Crippen LogP contribution in [0.2, 0.25) is 0 Å². The van der Waals surface area contributed by atoms with Gasteiger partial charge >= 0.3 is 5.97 Å². The van der Waals surface area contributed by atoms with Gasteiger partial charge in [0.1, 0.15) is 0 Å². The van der Waals surface area contributed by atoms with E-state index in [0.717, 1.165) is 11.1 Å². The number of carboxylic acid groups (broad SMARTS) is 1. The van der Waals surface area contributed by atoms with E-state index >= 15 is 0 Å². The highest BCUT2D eigenvalue weighted by molar-refractivity contribution is 5.88. The maximum Gasteiger partial charge on any atom is 0.335 e. The van der Waals surface area contributed by atoms with E-state index in [1.807, 2.05) is 24.3 Å². The van der Waals surface area contributed by atoms with Crippen molar-refractivity contribution in [3.8, 4) is 17.2 Å². The minimum absolute atomic E-state index is 0.259. The lowest BCUT2D eigenvalue weighted by Gasteiger charge is -2.12. The molecule has 5 heteroatoms. The standard InChI is InChI=1S/C18H18O5/c1-21-15-10-13(11-16(22-2)17(15)23-3)5-4-12-6-8-14(9-7-12)18(19)20/h4-11H,1-3H3,(H,19,20)/b5-4+. The van der Waals surface area contributed by atoms with Gasteiger partial charge in [0.25, 0.3) is 0 Å². The fourth-order valence-corrected chi connectivity index (χ4v) is 2.13. The molecule has 1 N–H and O–H groups in total. The van der Waals surface area contributed by atoms with Crippen LogP contribution >= 0.6 is 0 Å². The Balaban J connectivity index is 2.30. The van der Waals surface area contributed by atoms with Gasteiger partial charge in [-0.05, 0) is 35.4 Å². The summed E-state index contributed by atoms with van der Waals surface area (Å²) in [5, 5.41) is 8.89. The van der Waals surface area contributed by atoms with Crippen LogP contribution < -0.4 is 14.2 Å². The Morgan fingerprint density at radius 1 is 0.870 bits per heavy atom. The minimum Gasteiger partial charge on any atom is -0.493 e. The normalized spacial score (nSPS) is 10.6. The molecule has 0 amide bonds. The second kappa shape index (κ2) is 7.35. The molecule has 0 aliphatic carbocycles. The monoisotopic (exact) mass is 314 g/mol. The van der Waals surface area contributed by atoms with Crippen molar-refractivity contribution < 1.29 is 24.1 Å². The van der Waals surface area contributed by atoms with Crippen LogP contribution in [-0.2, 0) is 0 Å². The molecule has 0 aromatic heterocycles. The number of rotatable bonds is 6. The number of hydrogen-bond acceptors (Lipinski definition) is 4. The van der Waals surface area contributed by atoms with E-state index in [0.29, 0.717) is 17.2 Å². The van der Waals surface area contributed by atoms with Crippen LogP contribution in [0.1, 0.15) is 21.5 Å². The fourth-order valence-electron chi connectivity index (χ4n) is 2.13. The lowest BCUT2D eigenvalue weighted by molar-refractivity contribution is 0.0697. The van der Waals surface area contributed by atoms with E-state index in [2.05, 4.69) is 0 Å². The summed E-state index contributed by atoms with van der Waals surface area (Å²) < 4.78 is 15.9. The molecule has 2 aromatic carbocycles. The molecule has 120 valence electrons. The summed E-state index contributed by atoms with van der Waals surface area (Å²) in [6.07, 6.45) is 3.77. The highest BCUT2D eigenvalue weighted by Gasteiger charge is 2.11. The van der Waals surface area contributed by atoms with Crippen molar-refractivity contribution >= 4 is 18.1 Å². The van der Waals surface area contributed by atoms with Crippen molar-refractivity contribution in [1.82, 2.24) is 0 Å². The van der Waals surface area contributed by atoms with Crippen molar-refractivity contribution in [2.24, 2.45) is 0 Å². The molecule has 0 bridgehead atoms. The predicted molar refractivity (Wildman–Crippen MR) is 88.4 cm³/mol. The molecule has 0 unspecified atom stereocenters. The van der Waals surface area contributed by atoms with Gasteiger partial charge in [0.2, 0.25) is 5.75 Å². The Morgan fingerprint density at radius 3 is 1.83 bits per heavy atom. The second-order valence-electron chi connectivity index (χ2n) is 4.72. The fraction of sp³-hybridized carbons (Fsp3) is 0.167. The Labute approximate surface area is 134 Å². The van der Waals surface area contributed by atoms with Gasteiger partial charge in [-0.1, -0.05) is 24.3 Å². The molecule has 0 atom stereocenters. The van der Waals surface area contributed by atoms with Crippen LogP contribution in [0.5, 0.6) is 17.2 Å². The minimum atomic E-state index is -0.940.